The van der Waals surface area contributed by atoms with E-state index >= 15 is 0 Å². The fraction of sp³-hybridized carbons (Fsp3) is 0. The minimum atomic E-state index is -1.04. The Morgan fingerprint density at radius 3 is 2.06 bits per heavy atom. The summed E-state index contributed by atoms with van der Waals surface area (Å²) in [5.74, 6) is -0.640. The van der Waals surface area contributed by atoms with E-state index < -0.39 is 5.97 Å². The first-order valence-electron chi connectivity index (χ1n) is 9.83. The summed E-state index contributed by atoms with van der Waals surface area (Å²) in [5.41, 5.74) is 3.04. The molecule has 0 atom stereocenters. The van der Waals surface area contributed by atoms with E-state index in [-0.39, 0.29) is 17.2 Å². The Labute approximate surface area is 183 Å². The molecule has 5 heteroatoms. The highest BCUT2D eigenvalue weighted by Crippen LogP contribution is 2.26. The largest absolute Gasteiger partial charge is 0.478 e. The minimum absolute atomic E-state index is 0.158. The molecule has 4 aromatic rings. The van der Waals surface area contributed by atoms with Gasteiger partial charge in [-0.05, 0) is 82.9 Å². The Hall–Kier alpha value is -4.25. The Bertz CT molecular complexity index is 1280. The highest BCUT2D eigenvalue weighted by molar-refractivity contribution is 5.94. The predicted octanol–water partition coefficient (Wildman–Crippen LogP) is 7.29. The molecular weight excluding hydrogens is 410 g/mol. The Balaban J connectivity index is 1.61. The van der Waals surface area contributed by atoms with Gasteiger partial charge in [-0.2, -0.15) is 0 Å². The van der Waals surface area contributed by atoms with Gasteiger partial charge < -0.3 is 9.84 Å². The van der Waals surface area contributed by atoms with E-state index in [1.54, 1.807) is 48.6 Å². The zero-order valence-corrected chi connectivity index (χ0v) is 16.8. The van der Waals surface area contributed by atoms with Crippen LogP contribution in [0.5, 0.6) is 11.5 Å². The van der Waals surface area contributed by atoms with Gasteiger partial charge in [-0.1, -0.05) is 42.5 Å². The van der Waals surface area contributed by atoms with Crippen LogP contribution < -0.4 is 4.74 Å². The third-order valence-electron chi connectivity index (χ3n) is 4.82. The number of aromatic carboxylic acids is 1. The molecule has 0 aliphatic rings. The number of ether oxygens (including phenoxy) is 1. The van der Waals surface area contributed by atoms with Crippen molar-refractivity contribution >= 4 is 18.1 Å². The van der Waals surface area contributed by atoms with Crippen molar-refractivity contribution in [3.8, 4) is 22.6 Å². The molecule has 0 aliphatic carbocycles. The predicted molar refractivity (Wildman–Crippen MR) is 121 cm³/mol. The van der Waals surface area contributed by atoms with Crippen molar-refractivity contribution in [1.82, 2.24) is 0 Å². The van der Waals surface area contributed by atoms with Crippen LogP contribution in [0.2, 0.25) is 0 Å². The summed E-state index contributed by atoms with van der Waals surface area (Å²) in [4.78, 5) is 11.7. The monoisotopic (exact) mass is 428 g/mol. The maximum absolute atomic E-state index is 13.2. The molecule has 0 unspecified atom stereocenters. The lowest BCUT2D eigenvalue weighted by molar-refractivity contribution is 0.0696. The second-order valence-electron chi connectivity index (χ2n) is 7.08. The summed E-state index contributed by atoms with van der Waals surface area (Å²) in [6.07, 6.45) is 3.50. The second kappa shape index (κ2) is 9.27. The van der Waals surface area contributed by atoms with E-state index in [0.717, 1.165) is 16.7 Å². The fourth-order valence-corrected chi connectivity index (χ4v) is 3.22. The average molecular weight is 428 g/mol. The molecule has 32 heavy (non-hydrogen) atoms. The molecule has 4 aromatic carbocycles. The van der Waals surface area contributed by atoms with Gasteiger partial charge in [0, 0.05) is 0 Å². The molecule has 0 fully saturated rings. The van der Waals surface area contributed by atoms with Crippen LogP contribution in [0.15, 0.2) is 91.0 Å². The van der Waals surface area contributed by atoms with Gasteiger partial charge in [0.1, 0.15) is 23.1 Å². The zero-order valence-electron chi connectivity index (χ0n) is 16.8. The Kier molecular flexibility index (Phi) is 6.08. The molecule has 0 aliphatic heterocycles. The zero-order chi connectivity index (χ0) is 22.5. The first-order chi connectivity index (χ1) is 15.5. The number of rotatable bonds is 6. The van der Waals surface area contributed by atoms with E-state index in [1.165, 1.54) is 42.5 Å². The van der Waals surface area contributed by atoms with Crippen molar-refractivity contribution in [1.29, 1.82) is 0 Å². The van der Waals surface area contributed by atoms with Crippen molar-refractivity contribution in [2.45, 2.75) is 0 Å². The first-order valence-corrected chi connectivity index (χ1v) is 9.83. The lowest BCUT2D eigenvalue weighted by Crippen LogP contribution is -1.99. The highest BCUT2D eigenvalue weighted by Gasteiger charge is 2.10. The van der Waals surface area contributed by atoms with Crippen molar-refractivity contribution in [2.75, 3.05) is 0 Å². The van der Waals surface area contributed by atoms with Crippen LogP contribution in [0.25, 0.3) is 23.3 Å². The van der Waals surface area contributed by atoms with Crippen molar-refractivity contribution < 1.29 is 23.4 Å². The van der Waals surface area contributed by atoms with E-state index in [9.17, 15) is 18.7 Å². The molecule has 0 heterocycles. The fourth-order valence-electron chi connectivity index (χ4n) is 3.22. The molecule has 0 bridgehead atoms. The summed E-state index contributed by atoms with van der Waals surface area (Å²) in [6.45, 7) is 0. The summed E-state index contributed by atoms with van der Waals surface area (Å²) >= 11 is 0. The molecule has 0 spiro atoms. The second-order valence-corrected chi connectivity index (χ2v) is 7.08. The van der Waals surface area contributed by atoms with Crippen LogP contribution in [-0.2, 0) is 0 Å². The van der Waals surface area contributed by atoms with Gasteiger partial charge in [0.05, 0.1) is 5.56 Å². The number of benzene rings is 4. The molecule has 3 nitrogen and oxygen atoms in total. The lowest BCUT2D eigenvalue weighted by atomic mass is 9.98. The van der Waals surface area contributed by atoms with Gasteiger partial charge >= 0.3 is 5.97 Å². The SMILES string of the molecule is O=C(O)c1ccc(-c2ccc(F)cc2)cc1C=Cc1cccc(Oc2ccc(F)cc2)c1. The molecule has 1 N–H and O–H groups in total. The van der Waals surface area contributed by atoms with E-state index in [0.29, 0.717) is 17.1 Å². The standard InChI is InChI=1S/C27H18F2O3/c28-22-9-6-19(7-10-22)20-8-15-26(27(30)31)21(17-20)5-4-18-2-1-3-25(16-18)32-24-13-11-23(29)12-14-24/h1-17H,(H,30,31). The number of carboxylic acid groups (broad SMARTS) is 1. The maximum Gasteiger partial charge on any atom is 0.336 e. The minimum Gasteiger partial charge on any atom is -0.478 e. The van der Waals surface area contributed by atoms with Crippen LogP contribution in [0.1, 0.15) is 21.5 Å². The number of hydrogen-bond donors (Lipinski definition) is 1. The van der Waals surface area contributed by atoms with Gasteiger partial charge in [-0.3, -0.25) is 0 Å². The Morgan fingerprint density at radius 2 is 1.38 bits per heavy atom. The van der Waals surface area contributed by atoms with Gasteiger partial charge in [0.15, 0.2) is 0 Å². The van der Waals surface area contributed by atoms with Gasteiger partial charge in [-0.25, -0.2) is 13.6 Å². The summed E-state index contributed by atoms with van der Waals surface area (Å²) < 4.78 is 32.1. The molecule has 0 aromatic heterocycles. The number of carboxylic acids is 1. The highest BCUT2D eigenvalue weighted by atomic mass is 19.1. The third-order valence-corrected chi connectivity index (χ3v) is 4.82. The quantitative estimate of drug-likeness (QED) is 0.328. The number of halogens is 2. The van der Waals surface area contributed by atoms with Crippen molar-refractivity contribution in [3.63, 3.8) is 0 Å². The molecule has 158 valence electrons. The molecule has 4 rings (SSSR count). The summed E-state index contributed by atoms with van der Waals surface area (Å²) in [7, 11) is 0. The van der Waals surface area contributed by atoms with Gasteiger partial charge in [0.2, 0.25) is 0 Å². The maximum atomic E-state index is 13.2. The smallest absolute Gasteiger partial charge is 0.336 e. The molecule has 0 amide bonds. The van der Waals surface area contributed by atoms with Gasteiger partial charge in [0.25, 0.3) is 0 Å². The van der Waals surface area contributed by atoms with Crippen LogP contribution in [0.3, 0.4) is 0 Å². The van der Waals surface area contributed by atoms with E-state index in [4.69, 9.17) is 4.74 Å². The van der Waals surface area contributed by atoms with Crippen LogP contribution in [-0.4, -0.2) is 11.1 Å². The van der Waals surface area contributed by atoms with Crippen LogP contribution in [0.4, 0.5) is 8.78 Å². The van der Waals surface area contributed by atoms with Crippen molar-refractivity contribution in [3.05, 3.63) is 119 Å². The topological polar surface area (TPSA) is 46.5 Å². The lowest BCUT2D eigenvalue weighted by Gasteiger charge is -2.08. The molecule has 0 saturated heterocycles. The van der Waals surface area contributed by atoms with Gasteiger partial charge in [-0.15, -0.1) is 0 Å². The summed E-state index contributed by atoms with van der Waals surface area (Å²) in [5, 5.41) is 9.56. The molecule has 0 radical (unpaired) electrons. The van der Waals surface area contributed by atoms with Crippen molar-refractivity contribution in [2.24, 2.45) is 0 Å². The Morgan fingerprint density at radius 1 is 0.719 bits per heavy atom. The van der Waals surface area contributed by atoms with E-state index in [2.05, 4.69) is 0 Å². The average Bonchev–Trinajstić information content (AvgIpc) is 2.80. The number of carbonyl (C=O) groups is 1. The molecule has 0 saturated carbocycles. The molecular formula is C27H18F2O3. The van der Waals surface area contributed by atoms with Crippen LogP contribution in [0, 0.1) is 11.6 Å². The number of hydrogen-bond acceptors (Lipinski definition) is 2. The third kappa shape index (κ3) is 5.08. The van der Waals surface area contributed by atoms with E-state index in [1.807, 2.05) is 12.1 Å². The van der Waals surface area contributed by atoms with Crippen LogP contribution >= 0.6 is 0 Å². The first kappa shape index (κ1) is 21.0. The summed E-state index contributed by atoms with van der Waals surface area (Å²) in [6, 6.07) is 24.0. The normalized spacial score (nSPS) is 10.9.